The average molecular weight is 1190 g/mol. The van der Waals surface area contributed by atoms with Crippen LogP contribution in [0.1, 0.15) is 167 Å². The molecule has 9 aromatic rings. The summed E-state index contributed by atoms with van der Waals surface area (Å²) in [5, 5.41) is 23.2. The predicted octanol–water partition coefficient (Wildman–Crippen LogP) is 13.4. The van der Waals surface area contributed by atoms with Crippen molar-refractivity contribution >= 4 is 84.1 Å². The summed E-state index contributed by atoms with van der Waals surface area (Å²) in [6.45, 7) is 18.0. The maximum absolute atomic E-state index is 13.8. The Morgan fingerprint density at radius 1 is 0.472 bits per heavy atom. The molecule has 0 saturated carbocycles. The number of carbonyl (C=O) groups excluding carboxylic acids is 6. The second-order valence-electron chi connectivity index (χ2n) is 25.1. The van der Waals surface area contributed by atoms with E-state index in [-0.39, 0.29) is 72.0 Å². The SMILES string of the molecule is COCO[C@H]1[C@H](C)O[C@@H](C)C[C@@]1(C)Nc1cccc2c1C(=O)c1ccc3cc(C)ccc3c1C2=O.Cc1ccc2c3c(ccc2c1)C(=O)c1c(N)cccc1C3=O.Cc1ccc2c3c(ccc2c1)C(=O)c1c(N[C@]2(C)C[C@H](C)O[C@@H](C)[C@@H]2O)cccc1C3=O. The first-order chi connectivity index (χ1) is 42.5. The number of anilines is 3. The summed E-state index contributed by atoms with van der Waals surface area (Å²) in [7, 11) is 1.59. The van der Waals surface area contributed by atoms with Gasteiger partial charge in [0.15, 0.2) is 34.7 Å². The van der Waals surface area contributed by atoms with E-state index in [0.717, 1.165) is 49.0 Å². The Balaban J connectivity index is 0.000000133. The quantitative estimate of drug-likeness (QED) is 0.0864. The van der Waals surface area contributed by atoms with Crippen LogP contribution in [0.3, 0.4) is 0 Å². The molecular formula is C75H71N3O11. The van der Waals surface area contributed by atoms with Crippen LogP contribution < -0.4 is 16.4 Å². The molecule has 14 heteroatoms. The molecule has 0 radical (unpaired) electrons. The van der Waals surface area contributed by atoms with Crippen LogP contribution in [0.4, 0.5) is 17.1 Å². The van der Waals surface area contributed by atoms with Crippen LogP contribution in [0.2, 0.25) is 0 Å². The van der Waals surface area contributed by atoms with Gasteiger partial charge in [-0.25, -0.2) is 0 Å². The minimum Gasteiger partial charge on any atom is -0.398 e. The zero-order valence-corrected chi connectivity index (χ0v) is 51.5. The second-order valence-corrected chi connectivity index (χ2v) is 25.1. The van der Waals surface area contributed by atoms with Gasteiger partial charge in [0, 0.05) is 74.2 Å². The molecule has 9 aromatic carbocycles. The minimum atomic E-state index is -0.761. The smallest absolute Gasteiger partial charge is 0.196 e. The molecule has 0 aromatic heterocycles. The number of nitrogen functional groups attached to an aromatic ring is 1. The lowest BCUT2D eigenvalue weighted by Crippen LogP contribution is -2.59. The standard InChI is InChI=1S/C29H31NO5.C27H27NO4.C19H13NO2/c1-16-9-11-20-19(13-16)10-12-22-24(20)26(31)21-7-6-8-23(25(21)27(22)32)30-29(4)14-17(2)35-18(3)28(29)34-15-33-5;1-14-8-10-18-17(12-14)9-11-20-22(18)24(29)19-6-5-7-21(23(19)25(20)30)28-27(4)13-15(2)32-16(3)26(27)31;1-10-5-7-12-11(9-10)6-8-14-16(12)18(21)13-3-2-4-15(20)17(13)19(14)22/h6-13,17-18,28,30H,14-15H2,1-5H3;5-12,15-16,26,28,31H,13H2,1-4H3;2-9H,20H2,1H3/t17-,18-,28-,29+;15-,16-,26-,27+;/m00./s1. The van der Waals surface area contributed by atoms with Crippen molar-refractivity contribution in [1.29, 1.82) is 0 Å². The molecule has 0 bridgehead atoms. The lowest BCUT2D eigenvalue weighted by atomic mass is 9.79. The molecule has 3 aliphatic carbocycles. The molecular weight excluding hydrogens is 1120 g/mol. The molecule has 2 fully saturated rings. The lowest BCUT2D eigenvalue weighted by Gasteiger charge is -2.48. The third-order valence-corrected chi connectivity index (χ3v) is 18.3. The van der Waals surface area contributed by atoms with Crippen molar-refractivity contribution in [2.75, 3.05) is 30.3 Å². The van der Waals surface area contributed by atoms with Crippen LogP contribution in [0.25, 0.3) is 32.3 Å². The Morgan fingerprint density at radius 2 is 0.831 bits per heavy atom. The molecule has 2 heterocycles. The number of methoxy groups -OCH3 is 1. The number of ether oxygens (including phenoxy) is 4. The number of carbonyl (C=O) groups is 6. The first kappa shape index (κ1) is 60.3. The van der Waals surface area contributed by atoms with Crippen LogP contribution in [0, 0.1) is 20.8 Å². The van der Waals surface area contributed by atoms with E-state index in [1.807, 2.05) is 146 Å². The maximum Gasteiger partial charge on any atom is 0.196 e. The zero-order valence-electron chi connectivity index (χ0n) is 51.5. The highest BCUT2D eigenvalue weighted by Gasteiger charge is 2.47. The highest BCUT2D eigenvalue weighted by Crippen LogP contribution is 2.43. The molecule has 452 valence electrons. The minimum absolute atomic E-state index is 0.00249. The fourth-order valence-electron chi connectivity index (χ4n) is 14.4. The summed E-state index contributed by atoms with van der Waals surface area (Å²) in [4.78, 5) is 80.5. The number of hydrogen-bond donors (Lipinski definition) is 4. The Morgan fingerprint density at radius 3 is 1.27 bits per heavy atom. The van der Waals surface area contributed by atoms with Crippen LogP contribution in [0.15, 0.2) is 146 Å². The summed E-state index contributed by atoms with van der Waals surface area (Å²) in [6.07, 6.45) is -0.409. The highest BCUT2D eigenvalue weighted by atomic mass is 16.7. The van der Waals surface area contributed by atoms with E-state index in [1.54, 1.807) is 61.7 Å². The van der Waals surface area contributed by atoms with Crippen LogP contribution in [0.5, 0.6) is 0 Å². The molecule has 0 unspecified atom stereocenters. The first-order valence-electron chi connectivity index (χ1n) is 30.2. The third-order valence-electron chi connectivity index (χ3n) is 18.3. The molecule has 8 atom stereocenters. The van der Waals surface area contributed by atoms with Gasteiger partial charge in [-0.3, -0.25) is 28.8 Å². The van der Waals surface area contributed by atoms with Crippen molar-refractivity contribution in [3.63, 3.8) is 0 Å². The van der Waals surface area contributed by atoms with E-state index in [9.17, 15) is 33.9 Å². The lowest BCUT2D eigenvalue weighted by molar-refractivity contribution is -0.185. The van der Waals surface area contributed by atoms with Gasteiger partial charge < -0.3 is 40.4 Å². The van der Waals surface area contributed by atoms with Gasteiger partial charge in [-0.15, -0.1) is 0 Å². The Hall–Kier alpha value is -9.02. The van der Waals surface area contributed by atoms with E-state index < -0.39 is 17.2 Å². The fourth-order valence-corrected chi connectivity index (χ4v) is 14.4. The number of benzene rings is 9. The van der Waals surface area contributed by atoms with Gasteiger partial charge in [0.1, 0.15) is 19.0 Å². The number of aryl methyl sites for hydroxylation is 3. The number of hydrogen-bond acceptors (Lipinski definition) is 14. The van der Waals surface area contributed by atoms with Gasteiger partial charge in [0.05, 0.1) is 52.2 Å². The van der Waals surface area contributed by atoms with Crippen LogP contribution >= 0.6 is 0 Å². The number of fused-ring (bicyclic) bond motifs is 12. The number of nitrogens with one attached hydrogen (secondary N) is 2. The van der Waals surface area contributed by atoms with Crippen molar-refractivity contribution in [3.8, 4) is 0 Å². The van der Waals surface area contributed by atoms with Crippen LogP contribution in [-0.4, -0.2) is 101 Å². The van der Waals surface area contributed by atoms with Gasteiger partial charge in [-0.1, -0.05) is 126 Å². The Labute approximate surface area is 516 Å². The first-order valence-corrected chi connectivity index (χ1v) is 30.2. The molecule has 2 saturated heterocycles. The second kappa shape index (κ2) is 23.2. The fraction of sp³-hybridized carbons (Fsp3) is 0.280. The van der Waals surface area contributed by atoms with Crippen molar-refractivity contribution in [1.82, 2.24) is 0 Å². The zero-order chi connectivity index (χ0) is 63.1. The van der Waals surface area contributed by atoms with E-state index in [2.05, 4.69) is 17.6 Å². The summed E-state index contributed by atoms with van der Waals surface area (Å²) < 4.78 is 23.0. The van der Waals surface area contributed by atoms with Crippen molar-refractivity contribution in [2.24, 2.45) is 0 Å². The van der Waals surface area contributed by atoms with Gasteiger partial charge >= 0.3 is 0 Å². The summed E-state index contributed by atoms with van der Waals surface area (Å²) in [6, 6.07) is 44.5. The number of nitrogens with two attached hydrogens (primary N) is 1. The summed E-state index contributed by atoms with van der Waals surface area (Å²) in [5.74, 6) is -0.903. The van der Waals surface area contributed by atoms with Gasteiger partial charge in [0.25, 0.3) is 0 Å². The third kappa shape index (κ3) is 10.5. The number of rotatable bonds is 7. The molecule has 14 rings (SSSR count). The maximum atomic E-state index is 13.8. The largest absolute Gasteiger partial charge is 0.398 e. The highest BCUT2D eigenvalue weighted by molar-refractivity contribution is 6.36. The van der Waals surface area contributed by atoms with Gasteiger partial charge in [0.2, 0.25) is 0 Å². The van der Waals surface area contributed by atoms with E-state index >= 15 is 0 Å². The van der Waals surface area contributed by atoms with Crippen LogP contribution in [-0.2, 0) is 18.9 Å². The predicted molar refractivity (Wildman–Crippen MR) is 346 cm³/mol. The average Bonchev–Trinajstić information content (AvgIpc) is 0.794. The Kier molecular flexibility index (Phi) is 15.7. The van der Waals surface area contributed by atoms with E-state index in [1.165, 1.54) is 0 Å². The Bertz CT molecular complexity index is 4490. The van der Waals surface area contributed by atoms with Gasteiger partial charge in [-0.2, -0.15) is 0 Å². The monoisotopic (exact) mass is 1190 g/mol. The number of aliphatic hydroxyl groups is 1. The molecule has 89 heavy (non-hydrogen) atoms. The number of ketones is 6. The van der Waals surface area contributed by atoms with E-state index in [4.69, 9.17) is 24.7 Å². The summed E-state index contributed by atoms with van der Waals surface area (Å²) in [5.41, 5.74) is 14.6. The molecule has 0 amide bonds. The van der Waals surface area contributed by atoms with Crippen molar-refractivity contribution < 1.29 is 52.8 Å². The summed E-state index contributed by atoms with van der Waals surface area (Å²) >= 11 is 0. The normalized spacial score (nSPS) is 23.2. The molecule has 5 N–H and O–H groups in total. The van der Waals surface area contributed by atoms with Crippen molar-refractivity contribution in [3.05, 3.63) is 229 Å². The topological polar surface area (TPSA) is 210 Å². The molecule has 0 spiro atoms. The van der Waals surface area contributed by atoms with E-state index in [0.29, 0.717) is 96.7 Å². The molecule has 14 nitrogen and oxygen atoms in total. The molecule has 5 aliphatic rings. The number of aliphatic hydroxyl groups excluding tert-OH is 1. The molecule has 2 aliphatic heterocycles. The van der Waals surface area contributed by atoms with Gasteiger partial charge in [-0.05, 0) is 144 Å². The van der Waals surface area contributed by atoms with Crippen molar-refractivity contribution in [2.45, 2.75) is 123 Å².